The molecule has 1 saturated heterocycles. The fourth-order valence-electron chi connectivity index (χ4n) is 1.89. The molecule has 1 atom stereocenters. The highest BCUT2D eigenvalue weighted by Crippen LogP contribution is 2.31. The number of aromatic nitrogens is 1. The van der Waals surface area contributed by atoms with Gasteiger partial charge in [0.1, 0.15) is 0 Å². The quantitative estimate of drug-likeness (QED) is 0.892. The van der Waals surface area contributed by atoms with Crippen molar-refractivity contribution < 1.29 is 23.1 Å². The van der Waals surface area contributed by atoms with Gasteiger partial charge in [-0.25, -0.2) is 0 Å². The van der Waals surface area contributed by atoms with Gasteiger partial charge < -0.3 is 10.4 Å². The van der Waals surface area contributed by atoms with Gasteiger partial charge in [0, 0.05) is 24.7 Å². The number of hydrogen-bond donors (Lipinski definition) is 2. The van der Waals surface area contributed by atoms with Crippen LogP contribution in [0, 0.1) is 0 Å². The summed E-state index contributed by atoms with van der Waals surface area (Å²) in [6.07, 6.45) is -2.37. The molecule has 0 unspecified atom stereocenters. The molecule has 0 aromatic carbocycles. The standard InChI is InChI=1S/C12H13F3N2O2S/c13-12(14,15)9-5-16-3-1-8(9)10(18)17-6-11(19)2-4-20-7-11/h1,3,5,19H,2,4,6-7H2,(H,17,18)/t11-/m1/s1. The molecule has 1 aliphatic heterocycles. The van der Waals surface area contributed by atoms with E-state index in [0.29, 0.717) is 18.4 Å². The van der Waals surface area contributed by atoms with Gasteiger partial charge in [-0.2, -0.15) is 24.9 Å². The summed E-state index contributed by atoms with van der Waals surface area (Å²) in [6, 6.07) is 1.02. The summed E-state index contributed by atoms with van der Waals surface area (Å²) in [5.41, 5.74) is -2.60. The second kappa shape index (κ2) is 5.61. The summed E-state index contributed by atoms with van der Waals surface area (Å²) in [4.78, 5) is 15.2. The first kappa shape index (κ1) is 15.1. The first-order valence-electron chi connectivity index (χ1n) is 5.91. The number of aliphatic hydroxyl groups is 1. The topological polar surface area (TPSA) is 62.2 Å². The molecule has 0 aliphatic carbocycles. The number of halogens is 3. The van der Waals surface area contributed by atoms with Gasteiger partial charge in [0.25, 0.3) is 5.91 Å². The van der Waals surface area contributed by atoms with E-state index >= 15 is 0 Å². The van der Waals surface area contributed by atoms with Crippen LogP contribution in [-0.4, -0.2) is 39.6 Å². The summed E-state index contributed by atoms with van der Waals surface area (Å²) in [5, 5.41) is 12.4. The van der Waals surface area contributed by atoms with Gasteiger partial charge in [-0.15, -0.1) is 0 Å². The predicted octanol–water partition coefficient (Wildman–Crippen LogP) is 1.70. The van der Waals surface area contributed by atoms with E-state index in [0.717, 1.165) is 18.0 Å². The van der Waals surface area contributed by atoms with E-state index in [4.69, 9.17) is 0 Å². The summed E-state index contributed by atoms with van der Waals surface area (Å²) in [7, 11) is 0. The van der Waals surface area contributed by atoms with Crippen molar-refractivity contribution in [3.63, 3.8) is 0 Å². The lowest BCUT2D eigenvalue weighted by atomic mass is 10.0. The van der Waals surface area contributed by atoms with Crippen molar-refractivity contribution >= 4 is 17.7 Å². The SMILES string of the molecule is O=C(NC[C@]1(O)CCSC1)c1ccncc1C(F)(F)F. The molecule has 1 aliphatic rings. The van der Waals surface area contributed by atoms with Crippen LogP contribution in [0.1, 0.15) is 22.3 Å². The number of alkyl halides is 3. The highest BCUT2D eigenvalue weighted by atomic mass is 32.2. The van der Waals surface area contributed by atoms with E-state index < -0.39 is 28.8 Å². The number of hydrogen-bond acceptors (Lipinski definition) is 4. The highest BCUT2D eigenvalue weighted by molar-refractivity contribution is 7.99. The molecule has 1 amide bonds. The number of carbonyl (C=O) groups excluding carboxylic acids is 1. The minimum absolute atomic E-state index is 0.0571. The summed E-state index contributed by atoms with van der Waals surface area (Å²) in [6.45, 7) is -0.0571. The molecule has 4 nitrogen and oxygen atoms in total. The first-order chi connectivity index (χ1) is 9.32. The van der Waals surface area contributed by atoms with Crippen LogP contribution in [0.5, 0.6) is 0 Å². The Kier molecular flexibility index (Phi) is 4.24. The van der Waals surface area contributed by atoms with Gasteiger partial charge in [0.2, 0.25) is 0 Å². The third-order valence-electron chi connectivity index (χ3n) is 3.03. The number of nitrogens with zero attached hydrogens (tertiary/aromatic N) is 1. The Morgan fingerprint density at radius 2 is 2.30 bits per heavy atom. The van der Waals surface area contributed by atoms with Gasteiger partial charge in [-0.1, -0.05) is 0 Å². The predicted molar refractivity (Wildman–Crippen MR) is 68.5 cm³/mol. The molecule has 0 saturated carbocycles. The Labute approximate surface area is 117 Å². The van der Waals surface area contributed by atoms with Crippen LogP contribution >= 0.6 is 11.8 Å². The normalized spacial score (nSPS) is 22.8. The van der Waals surface area contributed by atoms with Crippen LogP contribution in [-0.2, 0) is 6.18 Å². The van der Waals surface area contributed by atoms with Crippen LogP contribution < -0.4 is 5.32 Å². The molecule has 0 radical (unpaired) electrons. The van der Waals surface area contributed by atoms with Crippen LogP contribution in [0.15, 0.2) is 18.5 Å². The monoisotopic (exact) mass is 306 g/mol. The maximum Gasteiger partial charge on any atom is 0.418 e. The zero-order valence-electron chi connectivity index (χ0n) is 10.4. The lowest BCUT2D eigenvalue weighted by molar-refractivity contribution is -0.138. The summed E-state index contributed by atoms with van der Waals surface area (Å²) >= 11 is 1.54. The summed E-state index contributed by atoms with van der Waals surface area (Å²) in [5.74, 6) is 0.385. The zero-order valence-corrected chi connectivity index (χ0v) is 11.2. The van der Waals surface area contributed by atoms with Gasteiger partial charge in [0.05, 0.1) is 16.7 Å². The molecular formula is C12H13F3N2O2S. The zero-order chi connectivity index (χ0) is 14.8. The maximum absolute atomic E-state index is 12.8. The largest absolute Gasteiger partial charge is 0.418 e. The van der Waals surface area contributed by atoms with E-state index in [1.54, 1.807) is 11.8 Å². The fourth-order valence-corrected chi connectivity index (χ4v) is 3.19. The van der Waals surface area contributed by atoms with Crippen molar-refractivity contribution in [1.82, 2.24) is 10.3 Å². The van der Waals surface area contributed by atoms with E-state index in [1.165, 1.54) is 0 Å². The lowest BCUT2D eigenvalue weighted by Crippen LogP contribution is -2.43. The number of pyridine rings is 1. The average molecular weight is 306 g/mol. The van der Waals surface area contributed by atoms with Crippen molar-refractivity contribution in [2.45, 2.75) is 18.2 Å². The first-order valence-corrected chi connectivity index (χ1v) is 7.07. The van der Waals surface area contributed by atoms with Gasteiger partial charge in [-0.3, -0.25) is 9.78 Å². The number of thioether (sulfide) groups is 1. The fraction of sp³-hybridized carbons (Fsp3) is 0.500. The Morgan fingerprint density at radius 3 is 2.90 bits per heavy atom. The van der Waals surface area contributed by atoms with E-state index in [-0.39, 0.29) is 6.54 Å². The van der Waals surface area contributed by atoms with Crippen molar-refractivity contribution in [2.75, 3.05) is 18.1 Å². The smallest absolute Gasteiger partial charge is 0.387 e. The second-order valence-corrected chi connectivity index (χ2v) is 5.73. The Hall–Kier alpha value is -1.28. The van der Waals surface area contributed by atoms with Gasteiger partial charge >= 0.3 is 6.18 Å². The van der Waals surface area contributed by atoms with E-state index in [2.05, 4.69) is 10.3 Å². The van der Waals surface area contributed by atoms with Crippen molar-refractivity contribution in [3.8, 4) is 0 Å². The highest BCUT2D eigenvalue weighted by Gasteiger charge is 2.36. The maximum atomic E-state index is 12.8. The van der Waals surface area contributed by atoms with Crippen LogP contribution in [0.25, 0.3) is 0 Å². The molecule has 1 fully saturated rings. The van der Waals surface area contributed by atoms with Crippen LogP contribution in [0.4, 0.5) is 13.2 Å². The van der Waals surface area contributed by atoms with E-state index in [9.17, 15) is 23.1 Å². The third-order valence-corrected chi connectivity index (χ3v) is 4.27. The molecule has 2 N–H and O–H groups in total. The molecule has 2 rings (SSSR count). The van der Waals surface area contributed by atoms with Crippen LogP contribution in [0.2, 0.25) is 0 Å². The molecule has 20 heavy (non-hydrogen) atoms. The number of rotatable bonds is 3. The van der Waals surface area contributed by atoms with Crippen molar-refractivity contribution in [1.29, 1.82) is 0 Å². The van der Waals surface area contributed by atoms with Crippen molar-refractivity contribution in [2.24, 2.45) is 0 Å². The molecular weight excluding hydrogens is 293 g/mol. The van der Waals surface area contributed by atoms with Gasteiger partial charge in [-0.05, 0) is 18.2 Å². The summed E-state index contributed by atoms with van der Waals surface area (Å²) < 4.78 is 38.3. The lowest BCUT2D eigenvalue weighted by Gasteiger charge is -2.22. The van der Waals surface area contributed by atoms with Crippen LogP contribution in [0.3, 0.4) is 0 Å². The molecule has 1 aromatic heterocycles. The second-order valence-electron chi connectivity index (χ2n) is 4.63. The van der Waals surface area contributed by atoms with Gasteiger partial charge in [0.15, 0.2) is 0 Å². The molecule has 1 aromatic rings. The molecule has 0 bridgehead atoms. The number of carbonyl (C=O) groups is 1. The number of nitrogens with one attached hydrogen (secondary N) is 1. The molecule has 0 spiro atoms. The minimum atomic E-state index is -4.64. The molecule has 2 heterocycles. The minimum Gasteiger partial charge on any atom is -0.387 e. The number of amides is 1. The van der Waals surface area contributed by atoms with Crippen molar-refractivity contribution in [3.05, 3.63) is 29.6 Å². The Balaban J connectivity index is 2.10. The Morgan fingerprint density at radius 1 is 1.55 bits per heavy atom. The Bertz CT molecular complexity index is 502. The third kappa shape index (κ3) is 3.43. The van der Waals surface area contributed by atoms with E-state index in [1.807, 2.05) is 0 Å². The average Bonchev–Trinajstić information content (AvgIpc) is 2.82. The molecule has 110 valence electrons. The molecule has 8 heteroatoms.